The van der Waals surface area contributed by atoms with E-state index in [1.165, 1.54) is 19.6 Å². The molecule has 6 heteroatoms. The molecule has 1 unspecified atom stereocenters. The summed E-state index contributed by atoms with van der Waals surface area (Å²) in [6, 6.07) is 0. The number of primary amides is 1. The number of amides is 1. The number of alkyl halides is 1. The first-order valence-electron chi connectivity index (χ1n) is 4.69. The van der Waals surface area contributed by atoms with E-state index in [1.54, 1.807) is 13.8 Å². The molecule has 0 saturated carbocycles. The highest BCUT2D eigenvalue weighted by Crippen LogP contribution is 2.41. The average molecular weight is 244 g/mol. The number of halogens is 1. The summed E-state index contributed by atoms with van der Waals surface area (Å²) < 4.78 is 5.05. The topological polar surface area (TPSA) is 78.1 Å². The third-order valence-corrected chi connectivity index (χ3v) is 3.22. The molecule has 1 heterocycles. The van der Waals surface area contributed by atoms with Crippen LogP contribution in [-0.4, -0.2) is 23.0 Å². The van der Waals surface area contributed by atoms with Crippen LogP contribution in [0.15, 0.2) is 12.5 Å². The van der Waals surface area contributed by atoms with Crippen LogP contribution >= 0.6 is 11.6 Å². The number of aromatic nitrogens is 2. The molecule has 1 amide bonds. The van der Waals surface area contributed by atoms with Gasteiger partial charge in [-0.3, -0.25) is 4.79 Å². The number of carbonyl (C=O) groups is 1. The van der Waals surface area contributed by atoms with E-state index in [1.807, 2.05) is 0 Å². The minimum atomic E-state index is -0.903. The maximum absolute atomic E-state index is 11.3. The lowest BCUT2D eigenvalue weighted by Gasteiger charge is -2.26. The Labute approximate surface area is 99.0 Å². The minimum absolute atomic E-state index is 0.351. The molecule has 16 heavy (non-hydrogen) atoms. The lowest BCUT2D eigenvalue weighted by Crippen LogP contribution is -2.35. The summed E-state index contributed by atoms with van der Waals surface area (Å²) in [7, 11) is 1.48. The number of hydrogen-bond donors (Lipinski definition) is 1. The van der Waals surface area contributed by atoms with Crippen LogP contribution in [-0.2, 0) is 4.79 Å². The summed E-state index contributed by atoms with van der Waals surface area (Å²) in [6.07, 6.45) is 2.87. The molecule has 0 aliphatic heterocycles. The quantitative estimate of drug-likeness (QED) is 0.808. The highest BCUT2D eigenvalue weighted by atomic mass is 35.5. The molecule has 2 N–H and O–H groups in total. The van der Waals surface area contributed by atoms with Crippen molar-refractivity contribution < 1.29 is 9.53 Å². The van der Waals surface area contributed by atoms with Gasteiger partial charge >= 0.3 is 0 Å². The lowest BCUT2D eigenvalue weighted by molar-refractivity contribution is -0.126. The Morgan fingerprint density at radius 2 is 2.25 bits per heavy atom. The zero-order valence-electron chi connectivity index (χ0n) is 9.40. The summed E-state index contributed by atoms with van der Waals surface area (Å²) in [5.74, 6) is -0.136. The molecule has 0 saturated heterocycles. The predicted octanol–water partition coefficient (Wildman–Crippen LogP) is 1.28. The summed E-state index contributed by atoms with van der Waals surface area (Å²) in [5, 5.41) is -0.638. The van der Waals surface area contributed by atoms with Crippen LogP contribution in [0.25, 0.3) is 0 Å². The van der Waals surface area contributed by atoms with E-state index in [0.29, 0.717) is 11.4 Å². The van der Waals surface area contributed by atoms with E-state index in [4.69, 9.17) is 22.1 Å². The van der Waals surface area contributed by atoms with Gasteiger partial charge in [-0.1, -0.05) is 0 Å². The largest absolute Gasteiger partial charge is 0.481 e. The van der Waals surface area contributed by atoms with Crippen molar-refractivity contribution in [2.45, 2.75) is 19.2 Å². The van der Waals surface area contributed by atoms with Crippen molar-refractivity contribution >= 4 is 17.5 Å². The molecule has 0 fully saturated rings. The summed E-state index contributed by atoms with van der Waals surface area (Å²) >= 11 is 6.22. The smallest absolute Gasteiger partial charge is 0.224 e. The predicted molar refractivity (Wildman–Crippen MR) is 60.2 cm³/mol. The van der Waals surface area contributed by atoms with Crippen molar-refractivity contribution in [1.29, 1.82) is 0 Å². The van der Waals surface area contributed by atoms with Gasteiger partial charge in [0.05, 0.1) is 23.5 Å². The first-order valence-corrected chi connectivity index (χ1v) is 5.12. The second-order valence-corrected chi connectivity index (χ2v) is 4.37. The van der Waals surface area contributed by atoms with Crippen LogP contribution in [0.5, 0.6) is 5.88 Å². The first kappa shape index (κ1) is 12.7. The van der Waals surface area contributed by atoms with E-state index in [0.717, 1.165) is 0 Å². The van der Waals surface area contributed by atoms with Crippen molar-refractivity contribution in [3.63, 3.8) is 0 Å². The lowest BCUT2D eigenvalue weighted by atomic mass is 9.85. The van der Waals surface area contributed by atoms with Gasteiger partial charge in [0.2, 0.25) is 11.8 Å². The molecule has 88 valence electrons. The van der Waals surface area contributed by atoms with Crippen LogP contribution in [0.3, 0.4) is 0 Å². The van der Waals surface area contributed by atoms with Gasteiger partial charge in [-0.25, -0.2) is 9.97 Å². The average Bonchev–Trinajstić information content (AvgIpc) is 2.27. The molecule has 0 aromatic carbocycles. The van der Waals surface area contributed by atoms with Gasteiger partial charge in [-0.05, 0) is 13.8 Å². The van der Waals surface area contributed by atoms with Gasteiger partial charge in [0.1, 0.15) is 6.33 Å². The Kier molecular flexibility index (Phi) is 3.70. The van der Waals surface area contributed by atoms with Crippen LogP contribution in [0, 0.1) is 5.41 Å². The Morgan fingerprint density at radius 1 is 1.62 bits per heavy atom. The van der Waals surface area contributed by atoms with Crippen molar-refractivity contribution in [2.24, 2.45) is 11.1 Å². The van der Waals surface area contributed by atoms with Gasteiger partial charge in [0.15, 0.2) is 0 Å². The maximum Gasteiger partial charge on any atom is 0.224 e. The molecule has 0 aliphatic carbocycles. The molecular weight excluding hydrogens is 230 g/mol. The van der Waals surface area contributed by atoms with E-state index in [-0.39, 0.29) is 0 Å². The van der Waals surface area contributed by atoms with E-state index >= 15 is 0 Å². The normalized spacial score (nSPS) is 13.2. The number of nitrogens with two attached hydrogens (primary N) is 1. The standard InChI is InChI=1S/C10H14ClN3O2/c1-10(2,9(12)15)7(11)6-4-13-5-14-8(6)16-3/h4-5,7H,1-3H3,(H2,12,15). The third kappa shape index (κ3) is 2.24. The fourth-order valence-electron chi connectivity index (χ4n) is 1.19. The van der Waals surface area contributed by atoms with Gasteiger partial charge in [-0.2, -0.15) is 0 Å². The molecule has 1 rings (SSSR count). The highest BCUT2D eigenvalue weighted by molar-refractivity contribution is 6.23. The Balaban J connectivity index is 3.14. The number of carbonyl (C=O) groups excluding carboxylic acids is 1. The molecule has 1 aromatic rings. The van der Waals surface area contributed by atoms with Crippen LogP contribution < -0.4 is 10.5 Å². The van der Waals surface area contributed by atoms with Gasteiger partial charge in [0.25, 0.3) is 0 Å². The van der Waals surface area contributed by atoms with Gasteiger partial charge in [0, 0.05) is 6.20 Å². The molecule has 0 aliphatic rings. The third-order valence-electron chi connectivity index (χ3n) is 2.44. The molecule has 5 nitrogen and oxygen atoms in total. The zero-order valence-corrected chi connectivity index (χ0v) is 10.2. The summed E-state index contributed by atoms with van der Waals surface area (Å²) in [6.45, 7) is 3.33. The fourth-order valence-corrected chi connectivity index (χ4v) is 1.44. The summed E-state index contributed by atoms with van der Waals surface area (Å²) in [4.78, 5) is 19.1. The Morgan fingerprint density at radius 3 is 2.75 bits per heavy atom. The number of ether oxygens (including phenoxy) is 1. The number of methoxy groups -OCH3 is 1. The van der Waals surface area contributed by atoms with Crippen LogP contribution in [0.4, 0.5) is 0 Å². The number of rotatable bonds is 4. The monoisotopic (exact) mass is 243 g/mol. The van der Waals surface area contributed by atoms with Gasteiger partial charge in [-0.15, -0.1) is 11.6 Å². The van der Waals surface area contributed by atoms with Gasteiger partial charge < -0.3 is 10.5 Å². The van der Waals surface area contributed by atoms with Crippen LogP contribution in [0.2, 0.25) is 0 Å². The second-order valence-electron chi connectivity index (χ2n) is 3.94. The molecular formula is C10H14ClN3O2. The van der Waals surface area contributed by atoms with Crippen molar-refractivity contribution in [3.8, 4) is 5.88 Å². The van der Waals surface area contributed by atoms with Crippen LogP contribution in [0.1, 0.15) is 24.8 Å². The zero-order chi connectivity index (χ0) is 12.3. The summed E-state index contributed by atoms with van der Waals surface area (Å²) in [5.41, 5.74) is 4.94. The maximum atomic E-state index is 11.3. The van der Waals surface area contributed by atoms with Crippen molar-refractivity contribution in [1.82, 2.24) is 9.97 Å². The molecule has 0 bridgehead atoms. The second kappa shape index (κ2) is 4.65. The van der Waals surface area contributed by atoms with Crippen molar-refractivity contribution in [2.75, 3.05) is 7.11 Å². The SMILES string of the molecule is COc1ncncc1C(Cl)C(C)(C)C(N)=O. The fraction of sp³-hybridized carbons (Fsp3) is 0.500. The molecule has 1 aromatic heterocycles. The minimum Gasteiger partial charge on any atom is -0.481 e. The first-order chi connectivity index (χ1) is 7.41. The van der Waals surface area contributed by atoms with Crippen molar-refractivity contribution in [3.05, 3.63) is 18.1 Å². The Hall–Kier alpha value is -1.36. The van der Waals surface area contributed by atoms with E-state index in [2.05, 4.69) is 9.97 Å². The Bertz CT molecular complexity index is 395. The number of nitrogens with zero attached hydrogens (tertiary/aromatic N) is 2. The molecule has 0 radical (unpaired) electrons. The van der Waals surface area contributed by atoms with E-state index in [9.17, 15) is 4.79 Å². The molecule has 1 atom stereocenters. The van der Waals surface area contributed by atoms with E-state index < -0.39 is 16.7 Å². The number of hydrogen-bond acceptors (Lipinski definition) is 4. The highest BCUT2D eigenvalue weighted by Gasteiger charge is 2.37. The molecule has 0 spiro atoms.